The van der Waals surface area contributed by atoms with Gasteiger partial charge in [-0.2, -0.15) is 0 Å². The molecule has 2 aromatic heterocycles. The normalized spacial score (nSPS) is 10.2. The molecule has 0 atom stereocenters. The van der Waals surface area contributed by atoms with Gasteiger partial charge in [-0.25, -0.2) is 4.98 Å². The molecule has 0 radical (unpaired) electrons. The Morgan fingerprint density at radius 2 is 1.48 bits per heavy atom. The number of pyridine rings is 2. The Labute approximate surface area is 181 Å². The van der Waals surface area contributed by atoms with Crippen LogP contribution in [-0.4, -0.2) is 31.3 Å². The zero-order valence-corrected chi connectivity index (χ0v) is 18.0. The minimum Gasteiger partial charge on any atom is -0.494 e. The van der Waals surface area contributed by atoms with Crippen LogP contribution in [0, 0.1) is 0 Å². The molecule has 0 aliphatic carbocycles. The summed E-state index contributed by atoms with van der Waals surface area (Å²) in [6.45, 7) is 0. The van der Waals surface area contributed by atoms with Gasteiger partial charge in [0.25, 0.3) is 0 Å². The highest BCUT2D eigenvalue weighted by atomic mass is 35.5. The number of methoxy groups -OCH3 is 3. The monoisotopic (exact) mass is 432 g/mol. The van der Waals surface area contributed by atoms with Gasteiger partial charge in [0, 0.05) is 35.3 Å². The Kier molecular flexibility index (Phi) is 7.48. The molecule has 5 nitrogen and oxygen atoms in total. The zero-order valence-electron chi connectivity index (χ0n) is 16.3. The second-order valence-electron chi connectivity index (χ2n) is 6.24. The van der Waals surface area contributed by atoms with E-state index in [9.17, 15) is 0 Å². The fourth-order valence-corrected chi connectivity index (χ4v) is 3.32. The standard InChI is InChI=1S/C22H20N2O3.2ClH/c1-25-19-6-4-5-14-7-8-17(24-22(14)19)9-15-12-23-13-16-10-20(26-2)21(27-3)11-18(15)16;;/h4-8,10-13H,9H2,1-3H3;2*1H. The Morgan fingerprint density at radius 1 is 0.759 bits per heavy atom. The molecule has 0 saturated heterocycles. The lowest BCUT2D eigenvalue weighted by molar-refractivity contribution is 0.356. The molecule has 2 aromatic carbocycles. The van der Waals surface area contributed by atoms with Crippen LogP contribution in [0.5, 0.6) is 17.2 Å². The molecule has 29 heavy (non-hydrogen) atoms. The van der Waals surface area contributed by atoms with Gasteiger partial charge in [0.2, 0.25) is 0 Å². The summed E-state index contributed by atoms with van der Waals surface area (Å²) < 4.78 is 16.3. The van der Waals surface area contributed by atoms with Crippen molar-refractivity contribution in [2.75, 3.05) is 21.3 Å². The maximum atomic E-state index is 5.46. The summed E-state index contributed by atoms with van der Waals surface area (Å²) in [7, 11) is 4.94. The molecule has 152 valence electrons. The van der Waals surface area contributed by atoms with Crippen LogP contribution in [0.25, 0.3) is 21.7 Å². The number of halogens is 2. The molecule has 0 bridgehead atoms. The summed E-state index contributed by atoms with van der Waals surface area (Å²) in [6.07, 6.45) is 4.37. The summed E-state index contributed by atoms with van der Waals surface area (Å²) in [5, 5.41) is 3.13. The fourth-order valence-electron chi connectivity index (χ4n) is 3.32. The van der Waals surface area contributed by atoms with Crippen LogP contribution < -0.4 is 14.2 Å². The lowest BCUT2D eigenvalue weighted by atomic mass is 10.0. The van der Waals surface area contributed by atoms with E-state index < -0.39 is 0 Å². The van der Waals surface area contributed by atoms with Gasteiger partial charge in [0.05, 0.1) is 21.3 Å². The van der Waals surface area contributed by atoms with Gasteiger partial charge < -0.3 is 14.2 Å². The lowest BCUT2D eigenvalue weighted by Gasteiger charge is -2.12. The van der Waals surface area contributed by atoms with E-state index in [0.717, 1.165) is 38.7 Å². The molecule has 0 fully saturated rings. The van der Waals surface area contributed by atoms with Crippen LogP contribution in [0.4, 0.5) is 0 Å². The highest BCUT2D eigenvalue weighted by Crippen LogP contribution is 2.34. The number of fused-ring (bicyclic) bond motifs is 2. The molecular formula is C22H22Cl2N2O3. The van der Waals surface area contributed by atoms with E-state index in [1.807, 2.05) is 48.8 Å². The molecule has 0 N–H and O–H groups in total. The van der Waals surface area contributed by atoms with E-state index in [0.29, 0.717) is 17.9 Å². The van der Waals surface area contributed by atoms with Crippen molar-refractivity contribution < 1.29 is 14.2 Å². The molecule has 0 spiro atoms. The average Bonchev–Trinajstić information content (AvgIpc) is 2.72. The Bertz CT molecular complexity index is 1140. The molecule has 0 aliphatic rings. The zero-order chi connectivity index (χ0) is 18.8. The molecule has 4 rings (SSSR count). The number of hydrogen-bond donors (Lipinski definition) is 0. The second kappa shape index (κ2) is 9.63. The first-order valence-corrected chi connectivity index (χ1v) is 8.64. The van der Waals surface area contributed by atoms with Crippen LogP contribution in [0.2, 0.25) is 0 Å². The highest BCUT2D eigenvalue weighted by Gasteiger charge is 2.11. The van der Waals surface area contributed by atoms with Gasteiger partial charge in [-0.1, -0.05) is 18.2 Å². The summed E-state index contributed by atoms with van der Waals surface area (Å²) in [5.74, 6) is 2.17. The largest absolute Gasteiger partial charge is 0.494 e. The minimum atomic E-state index is 0. The first kappa shape index (κ1) is 22.5. The van der Waals surface area contributed by atoms with Crippen molar-refractivity contribution in [3.63, 3.8) is 0 Å². The summed E-state index contributed by atoms with van der Waals surface area (Å²) in [4.78, 5) is 9.20. The Morgan fingerprint density at radius 3 is 2.21 bits per heavy atom. The summed E-state index contributed by atoms with van der Waals surface area (Å²) in [5.41, 5.74) is 2.90. The van der Waals surface area contributed by atoms with Crippen LogP contribution in [0.15, 0.2) is 54.9 Å². The second-order valence-corrected chi connectivity index (χ2v) is 6.24. The molecule has 0 saturated carbocycles. The van der Waals surface area contributed by atoms with E-state index in [-0.39, 0.29) is 24.8 Å². The number of nitrogens with zero attached hydrogens (tertiary/aromatic N) is 2. The lowest BCUT2D eigenvalue weighted by Crippen LogP contribution is -1.97. The number of ether oxygens (including phenoxy) is 3. The smallest absolute Gasteiger partial charge is 0.161 e. The maximum absolute atomic E-state index is 5.46. The summed E-state index contributed by atoms with van der Waals surface area (Å²) >= 11 is 0. The molecule has 0 amide bonds. The SMILES string of the molecule is COc1cc2cncc(Cc3ccc4cccc(OC)c4n3)c2cc1OC.Cl.Cl. The van der Waals surface area contributed by atoms with Crippen LogP contribution >= 0.6 is 24.8 Å². The molecule has 0 aliphatic heterocycles. The number of para-hydroxylation sites is 1. The number of benzene rings is 2. The van der Waals surface area contributed by atoms with Crippen LogP contribution in [0.1, 0.15) is 11.3 Å². The number of hydrogen-bond acceptors (Lipinski definition) is 5. The third-order valence-corrected chi connectivity index (χ3v) is 4.68. The minimum absolute atomic E-state index is 0. The third kappa shape index (κ3) is 4.31. The average molecular weight is 433 g/mol. The van der Waals surface area contributed by atoms with Gasteiger partial charge >= 0.3 is 0 Å². The van der Waals surface area contributed by atoms with Gasteiger partial charge in [-0.15, -0.1) is 24.8 Å². The predicted octanol–water partition coefficient (Wildman–Crippen LogP) is 5.24. The van der Waals surface area contributed by atoms with E-state index in [4.69, 9.17) is 19.2 Å². The number of aromatic nitrogens is 2. The van der Waals surface area contributed by atoms with Crippen LogP contribution in [0.3, 0.4) is 0 Å². The van der Waals surface area contributed by atoms with Crippen molar-refractivity contribution in [2.24, 2.45) is 0 Å². The highest BCUT2D eigenvalue weighted by molar-refractivity contribution is 5.89. The van der Waals surface area contributed by atoms with Crippen LogP contribution in [-0.2, 0) is 6.42 Å². The molecule has 0 unspecified atom stereocenters. The van der Waals surface area contributed by atoms with Crippen molar-refractivity contribution >= 4 is 46.5 Å². The van der Waals surface area contributed by atoms with Gasteiger partial charge in [0.1, 0.15) is 11.3 Å². The van der Waals surface area contributed by atoms with E-state index in [2.05, 4.69) is 11.1 Å². The van der Waals surface area contributed by atoms with Gasteiger partial charge in [-0.05, 0) is 35.2 Å². The molecule has 2 heterocycles. The van der Waals surface area contributed by atoms with E-state index in [1.165, 1.54) is 0 Å². The maximum Gasteiger partial charge on any atom is 0.161 e. The Balaban J connectivity index is 0.00000150. The fraction of sp³-hybridized carbons (Fsp3) is 0.182. The molecule has 7 heteroatoms. The topological polar surface area (TPSA) is 53.5 Å². The molecular weight excluding hydrogens is 411 g/mol. The third-order valence-electron chi connectivity index (χ3n) is 4.68. The predicted molar refractivity (Wildman–Crippen MR) is 120 cm³/mol. The van der Waals surface area contributed by atoms with Gasteiger partial charge in [0.15, 0.2) is 11.5 Å². The van der Waals surface area contributed by atoms with Crippen molar-refractivity contribution in [3.05, 3.63) is 66.1 Å². The van der Waals surface area contributed by atoms with E-state index >= 15 is 0 Å². The Hall–Kier alpha value is -2.76. The van der Waals surface area contributed by atoms with Crippen molar-refractivity contribution in [3.8, 4) is 17.2 Å². The first-order chi connectivity index (χ1) is 13.2. The summed E-state index contributed by atoms with van der Waals surface area (Å²) in [6, 6.07) is 14.0. The molecule has 4 aromatic rings. The number of rotatable bonds is 5. The van der Waals surface area contributed by atoms with Crippen molar-refractivity contribution in [1.82, 2.24) is 9.97 Å². The van der Waals surface area contributed by atoms with E-state index in [1.54, 1.807) is 21.3 Å². The van der Waals surface area contributed by atoms with Crippen molar-refractivity contribution in [2.45, 2.75) is 6.42 Å². The van der Waals surface area contributed by atoms with Crippen molar-refractivity contribution in [1.29, 1.82) is 0 Å². The first-order valence-electron chi connectivity index (χ1n) is 8.64. The quantitative estimate of drug-likeness (QED) is 0.431. The van der Waals surface area contributed by atoms with Gasteiger partial charge in [-0.3, -0.25) is 4.98 Å².